The van der Waals surface area contributed by atoms with Gasteiger partial charge in [-0.15, -0.1) is 0 Å². The summed E-state index contributed by atoms with van der Waals surface area (Å²) >= 11 is 7.39. The van der Waals surface area contributed by atoms with Gasteiger partial charge in [0.1, 0.15) is 5.52 Å². The average molecular weight is 395 g/mol. The highest BCUT2D eigenvalue weighted by Crippen LogP contribution is 2.30. The summed E-state index contributed by atoms with van der Waals surface area (Å²) < 4.78 is 25.2. The molecule has 0 radical (unpaired) electrons. The van der Waals surface area contributed by atoms with Crippen molar-refractivity contribution in [3.8, 4) is 0 Å². The maximum absolute atomic E-state index is 12.2. The number of anilines is 1. The van der Waals surface area contributed by atoms with E-state index >= 15 is 0 Å². The Kier molecular flexibility index (Phi) is 5.36. The Morgan fingerprint density at radius 1 is 1.12 bits per heavy atom. The van der Waals surface area contributed by atoms with E-state index < -0.39 is 9.84 Å². The predicted molar refractivity (Wildman–Crippen MR) is 101 cm³/mol. The summed E-state index contributed by atoms with van der Waals surface area (Å²) in [5.41, 5.74) is 0.649. The van der Waals surface area contributed by atoms with Gasteiger partial charge in [0.2, 0.25) is 5.91 Å². The van der Waals surface area contributed by atoms with Crippen LogP contribution in [0.5, 0.6) is 0 Å². The van der Waals surface area contributed by atoms with Crippen LogP contribution >= 0.6 is 22.9 Å². The van der Waals surface area contributed by atoms with E-state index in [-0.39, 0.29) is 29.4 Å². The molecule has 0 fully saturated rings. The summed E-state index contributed by atoms with van der Waals surface area (Å²) in [6, 6.07) is 13.7. The summed E-state index contributed by atoms with van der Waals surface area (Å²) in [6.07, 6.45) is 0.352. The quantitative estimate of drug-likeness (QED) is 0.681. The van der Waals surface area contributed by atoms with Gasteiger partial charge in [0, 0.05) is 6.42 Å². The molecule has 1 N–H and O–H groups in total. The number of rotatable bonds is 6. The van der Waals surface area contributed by atoms with Gasteiger partial charge >= 0.3 is 0 Å². The van der Waals surface area contributed by atoms with Crippen LogP contribution in [0.25, 0.3) is 10.2 Å². The van der Waals surface area contributed by atoms with Gasteiger partial charge < -0.3 is 5.32 Å². The molecular formula is C17H15ClN2O3S2. The average Bonchev–Trinajstić information content (AvgIpc) is 2.99. The number of fused-ring (bicyclic) bond motifs is 1. The number of thiazole rings is 1. The van der Waals surface area contributed by atoms with Crippen LogP contribution in [0, 0.1) is 0 Å². The molecule has 0 spiro atoms. The van der Waals surface area contributed by atoms with Crippen LogP contribution in [0.3, 0.4) is 0 Å². The largest absolute Gasteiger partial charge is 0.302 e. The summed E-state index contributed by atoms with van der Waals surface area (Å²) in [7, 11) is -3.37. The molecule has 130 valence electrons. The molecule has 0 aliphatic carbocycles. The molecule has 0 bridgehead atoms. The molecule has 3 aromatic rings. The lowest BCUT2D eigenvalue weighted by Gasteiger charge is -2.04. The highest BCUT2D eigenvalue weighted by atomic mass is 35.5. The number of nitrogens with zero attached hydrogens (tertiary/aromatic N) is 1. The van der Waals surface area contributed by atoms with E-state index in [9.17, 15) is 13.2 Å². The summed E-state index contributed by atoms with van der Waals surface area (Å²) in [5.74, 6) is -0.339. The minimum Gasteiger partial charge on any atom is -0.302 e. The van der Waals surface area contributed by atoms with Gasteiger partial charge in [0.15, 0.2) is 15.0 Å². The number of aromatic nitrogens is 1. The first-order chi connectivity index (χ1) is 12.0. The Morgan fingerprint density at radius 2 is 1.88 bits per heavy atom. The van der Waals surface area contributed by atoms with Crippen LogP contribution < -0.4 is 5.32 Å². The summed E-state index contributed by atoms with van der Waals surface area (Å²) in [5, 5.41) is 3.69. The lowest BCUT2D eigenvalue weighted by atomic mass is 10.3. The fourth-order valence-electron chi connectivity index (χ4n) is 2.32. The standard InChI is InChI=1S/C17H15ClN2O3S2/c18-13-8-4-9-14-16(13)20-17(24-14)19-15(21)10-5-11-25(22,23)12-6-2-1-3-7-12/h1-4,6-9H,5,10-11H2,(H,19,20,21). The molecule has 8 heteroatoms. The molecular weight excluding hydrogens is 380 g/mol. The van der Waals surface area contributed by atoms with Gasteiger partial charge in [0.05, 0.1) is 20.4 Å². The second-order valence-corrected chi connectivity index (χ2v) is 8.94. The van der Waals surface area contributed by atoms with Crippen molar-refractivity contribution in [1.82, 2.24) is 4.98 Å². The number of halogens is 1. The molecule has 0 atom stereocenters. The third kappa shape index (κ3) is 4.36. The number of amides is 1. The lowest BCUT2D eigenvalue weighted by molar-refractivity contribution is -0.116. The van der Waals surface area contributed by atoms with Gasteiger partial charge in [-0.05, 0) is 30.7 Å². The molecule has 3 rings (SSSR count). The molecule has 0 aliphatic rings. The van der Waals surface area contributed by atoms with Crippen LogP contribution in [-0.4, -0.2) is 25.1 Å². The number of benzene rings is 2. The third-order valence-corrected chi connectivity index (χ3v) is 6.59. The minimum atomic E-state index is -3.37. The van der Waals surface area contributed by atoms with Crippen LogP contribution in [0.4, 0.5) is 5.13 Å². The highest BCUT2D eigenvalue weighted by Gasteiger charge is 2.15. The molecule has 0 saturated carbocycles. The Labute approximate surface area is 154 Å². The Hall–Kier alpha value is -1.96. The van der Waals surface area contributed by atoms with E-state index in [0.717, 1.165) is 4.70 Å². The fraction of sp³-hybridized carbons (Fsp3) is 0.176. The molecule has 0 saturated heterocycles. The van der Waals surface area contributed by atoms with E-state index in [4.69, 9.17) is 11.6 Å². The monoisotopic (exact) mass is 394 g/mol. The number of carbonyl (C=O) groups is 1. The normalized spacial score (nSPS) is 11.6. The molecule has 0 aliphatic heterocycles. The lowest BCUT2D eigenvalue weighted by Crippen LogP contribution is -2.14. The van der Waals surface area contributed by atoms with Gasteiger partial charge in [0.25, 0.3) is 0 Å². The Bertz CT molecular complexity index is 1000. The zero-order valence-electron chi connectivity index (χ0n) is 13.1. The smallest absolute Gasteiger partial charge is 0.226 e. The first kappa shape index (κ1) is 17.8. The first-order valence-electron chi connectivity index (χ1n) is 7.58. The summed E-state index contributed by atoms with van der Waals surface area (Å²) in [6.45, 7) is 0. The van der Waals surface area contributed by atoms with Crippen LogP contribution in [0.15, 0.2) is 53.4 Å². The van der Waals surface area contributed by atoms with Gasteiger partial charge in [-0.3, -0.25) is 4.79 Å². The molecule has 5 nitrogen and oxygen atoms in total. The molecule has 25 heavy (non-hydrogen) atoms. The second kappa shape index (κ2) is 7.51. The van der Waals surface area contributed by atoms with Crippen molar-refractivity contribution in [2.75, 3.05) is 11.1 Å². The van der Waals surface area contributed by atoms with E-state index in [0.29, 0.717) is 15.7 Å². The van der Waals surface area contributed by atoms with E-state index in [1.807, 2.05) is 12.1 Å². The summed E-state index contributed by atoms with van der Waals surface area (Å²) in [4.78, 5) is 16.6. The van der Waals surface area contributed by atoms with Gasteiger partial charge in [-0.1, -0.05) is 47.2 Å². The van der Waals surface area contributed by atoms with Crippen LogP contribution in [0.1, 0.15) is 12.8 Å². The first-order valence-corrected chi connectivity index (χ1v) is 10.4. The maximum atomic E-state index is 12.2. The van der Waals surface area contributed by atoms with Crippen molar-refractivity contribution in [2.24, 2.45) is 0 Å². The third-order valence-electron chi connectivity index (χ3n) is 3.54. The Balaban J connectivity index is 1.57. The van der Waals surface area contributed by atoms with Crippen molar-refractivity contribution >= 4 is 54.0 Å². The van der Waals surface area contributed by atoms with Crippen molar-refractivity contribution in [3.63, 3.8) is 0 Å². The topological polar surface area (TPSA) is 76.1 Å². The van der Waals surface area contributed by atoms with E-state index in [1.165, 1.54) is 11.3 Å². The zero-order valence-corrected chi connectivity index (χ0v) is 15.5. The zero-order chi connectivity index (χ0) is 17.9. The molecule has 1 aromatic heterocycles. The van der Waals surface area contributed by atoms with Crippen LogP contribution in [0.2, 0.25) is 5.02 Å². The van der Waals surface area contributed by atoms with Gasteiger partial charge in [-0.25, -0.2) is 13.4 Å². The SMILES string of the molecule is O=C(CCCS(=O)(=O)c1ccccc1)Nc1nc2c(Cl)cccc2s1. The van der Waals surface area contributed by atoms with E-state index in [2.05, 4.69) is 10.3 Å². The van der Waals surface area contributed by atoms with Gasteiger partial charge in [-0.2, -0.15) is 0 Å². The second-order valence-electron chi connectivity index (χ2n) is 5.39. The molecule has 2 aromatic carbocycles. The van der Waals surface area contributed by atoms with Crippen molar-refractivity contribution < 1.29 is 13.2 Å². The van der Waals surface area contributed by atoms with Crippen LogP contribution in [-0.2, 0) is 14.6 Å². The fourth-order valence-corrected chi connectivity index (χ4v) is 4.83. The molecule has 1 heterocycles. The highest BCUT2D eigenvalue weighted by molar-refractivity contribution is 7.91. The molecule has 0 unspecified atom stereocenters. The minimum absolute atomic E-state index is 0.0733. The number of para-hydroxylation sites is 1. The number of nitrogens with one attached hydrogen (secondary N) is 1. The number of carbonyl (C=O) groups excluding carboxylic acids is 1. The predicted octanol–water partition coefficient (Wildman–Crippen LogP) is 4.14. The Morgan fingerprint density at radius 3 is 2.60 bits per heavy atom. The number of hydrogen-bond donors (Lipinski definition) is 1. The van der Waals surface area contributed by atoms with E-state index in [1.54, 1.807) is 36.4 Å². The number of hydrogen-bond acceptors (Lipinski definition) is 5. The number of sulfone groups is 1. The van der Waals surface area contributed by atoms with Crippen molar-refractivity contribution in [3.05, 3.63) is 53.6 Å². The molecule has 1 amide bonds. The van der Waals surface area contributed by atoms with Crippen molar-refractivity contribution in [2.45, 2.75) is 17.7 Å². The van der Waals surface area contributed by atoms with Crippen molar-refractivity contribution in [1.29, 1.82) is 0 Å². The maximum Gasteiger partial charge on any atom is 0.226 e.